The summed E-state index contributed by atoms with van der Waals surface area (Å²) in [5.74, 6) is 2.69. The van der Waals surface area contributed by atoms with Gasteiger partial charge in [-0.2, -0.15) is 11.8 Å². The van der Waals surface area contributed by atoms with Crippen molar-refractivity contribution in [2.75, 3.05) is 11.5 Å². The second-order valence-corrected chi connectivity index (χ2v) is 4.61. The van der Waals surface area contributed by atoms with Gasteiger partial charge in [0.1, 0.15) is 0 Å². The molecule has 0 fully saturated rings. The quantitative estimate of drug-likeness (QED) is 0.423. The zero-order valence-electron chi connectivity index (χ0n) is 8.73. The van der Waals surface area contributed by atoms with E-state index in [4.69, 9.17) is 0 Å². The van der Waals surface area contributed by atoms with E-state index in [2.05, 4.69) is 38.6 Å². The lowest BCUT2D eigenvalue weighted by Gasteiger charge is -1.98. The number of hydrogen-bond acceptors (Lipinski definition) is 1. The average molecular weight is 186 g/mol. The Bertz CT molecular complexity index is 112. The van der Waals surface area contributed by atoms with E-state index in [-0.39, 0.29) is 0 Å². The first-order chi connectivity index (χ1) is 5.77. The fourth-order valence-electron chi connectivity index (χ4n) is 0.986. The maximum Gasteiger partial charge on any atom is -0.00674 e. The summed E-state index contributed by atoms with van der Waals surface area (Å²) in [7, 11) is 0. The number of unbranched alkanes of at least 4 members (excludes halogenated alkanes) is 2. The molecule has 0 atom stereocenters. The van der Waals surface area contributed by atoms with Crippen molar-refractivity contribution in [3.8, 4) is 0 Å². The van der Waals surface area contributed by atoms with Crippen molar-refractivity contribution in [3.05, 3.63) is 11.6 Å². The second kappa shape index (κ2) is 9.18. The molecule has 0 nitrogen and oxygen atoms in total. The average Bonchev–Trinajstić information content (AvgIpc) is 2.02. The minimum atomic E-state index is 1.27. The van der Waals surface area contributed by atoms with Gasteiger partial charge in [0.25, 0.3) is 0 Å². The van der Waals surface area contributed by atoms with Gasteiger partial charge < -0.3 is 0 Å². The summed E-state index contributed by atoms with van der Waals surface area (Å²) < 4.78 is 0. The molecule has 0 aliphatic heterocycles. The minimum Gasteiger partial charge on any atom is -0.162 e. The Hall–Kier alpha value is 0.0900. The lowest BCUT2D eigenvalue weighted by atomic mass is 10.2. The van der Waals surface area contributed by atoms with Crippen molar-refractivity contribution in [1.29, 1.82) is 0 Å². The highest BCUT2D eigenvalue weighted by Crippen LogP contribution is 2.08. The Morgan fingerprint density at radius 2 is 1.92 bits per heavy atom. The Kier molecular flexibility index (Phi) is 9.25. The highest BCUT2D eigenvalue weighted by molar-refractivity contribution is 7.99. The molecule has 0 aromatic heterocycles. The van der Waals surface area contributed by atoms with Crippen LogP contribution in [0.15, 0.2) is 11.6 Å². The summed E-state index contributed by atoms with van der Waals surface area (Å²) >= 11 is 2.09. The molecule has 0 heterocycles. The van der Waals surface area contributed by atoms with Gasteiger partial charge >= 0.3 is 0 Å². The summed E-state index contributed by atoms with van der Waals surface area (Å²) in [5, 5.41) is 0. The van der Waals surface area contributed by atoms with Crippen molar-refractivity contribution in [1.82, 2.24) is 0 Å². The van der Waals surface area contributed by atoms with Crippen LogP contribution < -0.4 is 0 Å². The van der Waals surface area contributed by atoms with E-state index < -0.39 is 0 Å². The van der Waals surface area contributed by atoms with E-state index >= 15 is 0 Å². The maximum absolute atomic E-state index is 2.34. The van der Waals surface area contributed by atoms with E-state index in [9.17, 15) is 0 Å². The van der Waals surface area contributed by atoms with E-state index in [1.807, 2.05) is 0 Å². The maximum atomic E-state index is 2.34. The first-order valence-corrected chi connectivity index (χ1v) is 6.14. The molecular weight excluding hydrogens is 164 g/mol. The van der Waals surface area contributed by atoms with Gasteiger partial charge in [-0.05, 0) is 51.0 Å². The largest absolute Gasteiger partial charge is 0.162 e. The summed E-state index contributed by atoms with van der Waals surface area (Å²) in [6.07, 6.45) is 7.68. The van der Waals surface area contributed by atoms with Gasteiger partial charge in [-0.1, -0.05) is 18.6 Å². The molecule has 0 bridgehead atoms. The fraction of sp³-hybridized carbons (Fsp3) is 0.818. The van der Waals surface area contributed by atoms with Crippen molar-refractivity contribution in [2.45, 2.75) is 46.5 Å². The van der Waals surface area contributed by atoms with Gasteiger partial charge in [-0.15, -0.1) is 0 Å². The third kappa shape index (κ3) is 10.1. The molecule has 0 aromatic carbocycles. The van der Waals surface area contributed by atoms with Crippen LogP contribution in [0.2, 0.25) is 0 Å². The molecule has 0 aliphatic rings. The van der Waals surface area contributed by atoms with Crippen molar-refractivity contribution in [2.24, 2.45) is 0 Å². The van der Waals surface area contributed by atoms with E-state index in [1.165, 1.54) is 42.8 Å². The third-order valence-corrected chi connectivity index (χ3v) is 2.92. The molecular formula is C11H22S. The molecule has 12 heavy (non-hydrogen) atoms. The standard InChI is InChI=1S/C11H22S/c1-4-9-12-10-7-5-6-8-11(2)3/h8H,4-7,9-10H2,1-3H3. The van der Waals surface area contributed by atoms with Crippen molar-refractivity contribution in [3.63, 3.8) is 0 Å². The van der Waals surface area contributed by atoms with Crippen molar-refractivity contribution >= 4 is 11.8 Å². The molecule has 0 unspecified atom stereocenters. The Morgan fingerprint density at radius 3 is 2.50 bits per heavy atom. The third-order valence-electron chi connectivity index (χ3n) is 1.64. The van der Waals surface area contributed by atoms with Crippen LogP contribution in [0.1, 0.15) is 46.5 Å². The zero-order chi connectivity index (χ0) is 9.23. The zero-order valence-corrected chi connectivity index (χ0v) is 9.54. The topological polar surface area (TPSA) is 0 Å². The normalized spacial score (nSPS) is 9.92. The van der Waals surface area contributed by atoms with E-state index in [1.54, 1.807) is 0 Å². The number of thioether (sulfide) groups is 1. The van der Waals surface area contributed by atoms with Gasteiger partial charge in [-0.25, -0.2) is 0 Å². The van der Waals surface area contributed by atoms with Crippen LogP contribution in [0, 0.1) is 0 Å². The Morgan fingerprint density at radius 1 is 1.17 bits per heavy atom. The molecule has 0 aliphatic carbocycles. The predicted molar refractivity (Wildman–Crippen MR) is 60.9 cm³/mol. The minimum absolute atomic E-state index is 1.27. The molecule has 0 amide bonds. The van der Waals surface area contributed by atoms with Gasteiger partial charge in [0, 0.05) is 0 Å². The number of allylic oxidation sites excluding steroid dienone is 2. The fourth-order valence-corrected chi connectivity index (χ4v) is 1.89. The molecule has 0 saturated heterocycles. The van der Waals surface area contributed by atoms with Gasteiger partial charge in [0.05, 0.1) is 0 Å². The Balaban J connectivity index is 2.96. The highest BCUT2D eigenvalue weighted by Gasteiger charge is 1.88. The summed E-state index contributed by atoms with van der Waals surface area (Å²) in [6.45, 7) is 6.59. The molecule has 0 radical (unpaired) electrons. The first kappa shape index (κ1) is 12.1. The summed E-state index contributed by atoms with van der Waals surface area (Å²) in [6, 6.07) is 0. The van der Waals surface area contributed by atoms with E-state index in [0.717, 1.165) is 0 Å². The van der Waals surface area contributed by atoms with E-state index in [0.29, 0.717) is 0 Å². The Labute approximate surface area is 81.8 Å². The van der Waals surface area contributed by atoms with Crippen LogP contribution in [-0.2, 0) is 0 Å². The predicted octanol–water partition coefficient (Wildman–Crippen LogP) is 4.27. The van der Waals surface area contributed by atoms with Crippen LogP contribution >= 0.6 is 11.8 Å². The summed E-state index contributed by atoms with van der Waals surface area (Å²) in [4.78, 5) is 0. The molecule has 0 rings (SSSR count). The summed E-state index contributed by atoms with van der Waals surface area (Å²) in [5.41, 5.74) is 1.45. The van der Waals surface area contributed by atoms with Crippen LogP contribution in [-0.4, -0.2) is 11.5 Å². The lowest BCUT2D eigenvalue weighted by molar-refractivity contribution is 0.818. The van der Waals surface area contributed by atoms with Crippen LogP contribution in [0.3, 0.4) is 0 Å². The van der Waals surface area contributed by atoms with Gasteiger partial charge in [0.15, 0.2) is 0 Å². The molecule has 72 valence electrons. The monoisotopic (exact) mass is 186 g/mol. The molecule has 0 aromatic rings. The SMILES string of the molecule is CCCSCCCCC=C(C)C. The number of rotatable bonds is 7. The second-order valence-electron chi connectivity index (χ2n) is 3.39. The van der Waals surface area contributed by atoms with Crippen LogP contribution in [0.4, 0.5) is 0 Å². The molecule has 0 spiro atoms. The molecule has 0 saturated carbocycles. The molecule has 1 heteroatoms. The van der Waals surface area contributed by atoms with Gasteiger partial charge in [-0.3, -0.25) is 0 Å². The van der Waals surface area contributed by atoms with Crippen LogP contribution in [0.25, 0.3) is 0 Å². The highest BCUT2D eigenvalue weighted by atomic mass is 32.2. The lowest BCUT2D eigenvalue weighted by Crippen LogP contribution is -1.82. The van der Waals surface area contributed by atoms with Crippen molar-refractivity contribution < 1.29 is 0 Å². The molecule has 0 N–H and O–H groups in total. The first-order valence-electron chi connectivity index (χ1n) is 4.98. The smallest absolute Gasteiger partial charge is 0.00674 e. The van der Waals surface area contributed by atoms with Gasteiger partial charge in [0.2, 0.25) is 0 Å². The number of hydrogen-bond donors (Lipinski definition) is 0. The van der Waals surface area contributed by atoms with Crippen LogP contribution in [0.5, 0.6) is 0 Å².